The number of aliphatic hydroxyl groups excluding tert-OH is 1. The van der Waals surface area contributed by atoms with Crippen LogP contribution in [0.5, 0.6) is 0 Å². The third-order valence-corrected chi connectivity index (χ3v) is 3.65. The minimum atomic E-state index is -0.192. The smallest absolute Gasteiger partial charge is 0.230 e. The third kappa shape index (κ3) is 3.29. The molecule has 1 aliphatic heterocycles. The van der Waals surface area contributed by atoms with Crippen molar-refractivity contribution in [3.63, 3.8) is 0 Å². The zero-order valence-electron chi connectivity index (χ0n) is 11.5. The lowest BCUT2D eigenvalue weighted by molar-refractivity contribution is 0.0665. The van der Waals surface area contributed by atoms with Crippen molar-refractivity contribution in [1.82, 2.24) is 15.1 Å². The summed E-state index contributed by atoms with van der Waals surface area (Å²) in [6, 6.07) is 0. The highest BCUT2D eigenvalue weighted by Gasteiger charge is 2.23. The molecule has 1 fully saturated rings. The molecule has 0 aliphatic carbocycles. The van der Waals surface area contributed by atoms with Gasteiger partial charge >= 0.3 is 0 Å². The number of aliphatic hydroxyl groups is 1. The van der Waals surface area contributed by atoms with Crippen molar-refractivity contribution < 1.29 is 9.52 Å². The maximum absolute atomic E-state index is 9.56. The lowest BCUT2D eigenvalue weighted by atomic mass is 9.92. The summed E-state index contributed by atoms with van der Waals surface area (Å²) in [6.07, 6.45) is 1.90. The van der Waals surface area contributed by atoms with Crippen LogP contribution in [0.3, 0.4) is 0 Å². The van der Waals surface area contributed by atoms with E-state index in [1.54, 1.807) is 0 Å². The van der Waals surface area contributed by atoms with Crippen LogP contribution in [0.1, 0.15) is 51.3 Å². The molecule has 1 aliphatic rings. The molecule has 1 saturated heterocycles. The van der Waals surface area contributed by atoms with Crippen molar-refractivity contribution in [3.8, 4) is 0 Å². The van der Waals surface area contributed by atoms with Gasteiger partial charge in [0.1, 0.15) is 0 Å². The lowest BCUT2D eigenvalue weighted by Gasteiger charge is -2.32. The highest BCUT2D eigenvalue weighted by Crippen LogP contribution is 2.22. The van der Waals surface area contributed by atoms with E-state index in [0.29, 0.717) is 17.7 Å². The first kappa shape index (κ1) is 13.5. The van der Waals surface area contributed by atoms with Gasteiger partial charge in [-0.05, 0) is 38.8 Å². The molecule has 0 saturated carbocycles. The molecule has 2 heterocycles. The fourth-order valence-corrected chi connectivity index (χ4v) is 2.35. The van der Waals surface area contributed by atoms with E-state index in [2.05, 4.69) is 15.1 Å². The molecule has 5 heteroatoms. The van der Waals surface area contributed by atoms with Gasteiger partial charge in [-0.1, -0.05) is 13.8 Å². The van der Waals surface area contributed by atoms with Gasteiger partial charge in [-0.3, -0.25) is 4.90 Å². The van der Waals surface area contributed by atoms with E-state index in [-0.39, 0.29) is 12.0 Å². The first-order chi connectivity index (χ1) is 8.56. The van der Waals surface area contributed by atoms with Crippen LogP contribution in [0.25, 0.3) is 0 Å². The van der Waals surface area contributed by atoms with Gasteiger partial charge in [0.15, 0.2) is 0 Å². The molecule has 5 nitrogen and oxygen atoms in total. The Labute approximate surface area is 108 Å². The van der Waals surface area contributed by atoms with Crippen LogP contribution in [0.15, 0.2) is 4.42 Å². The second kappa shape index (κ2) is 5.80. The number of rotatable bonds is 4. The Balaban J connectivity index is 1.84. The standard InChI is InChI=1S/C13H23N3O2/c1-9(2)13-15-14-12(18-13)8-16-6-4-11(5-7-16)10(3)17/h9-11,17H,4-8H2,1-3H3. The second-order valence-electron chi connectivity index (χ2n) is 5.54. The Hall–Kier alpha value is -0.940. The average Bonchev–Trinajstić information content (AvgIpc) is 2.78. The SMILES string of the molecule is CC(C)c1nnc(CN2CCC(C(C)O)CC2)o1. The van der Waals surface area contributed by atoms with Crippen molar-refractivity contribution in [2.24, 2.45) is 5.92 Å². The van der Waals surface area contributed by atoms with E-state index in [4.69, 9.17) is 4.42 Å². The Morgan fingerprint density at radius 3 is 2.44 bits per heavy atom. The van der Waals surface area contributed by atoms with Gasteiger partial charge in [0, 0.05) is 5.92 Å². The Morgan fingerprint density at radius 1 is 1.28 bits per heavy atom. The van der Waals surface area contributed by atoms with Gasteiger partial charge in [0.2, 0.25) is 11.8 Å². The van der Waals surface area contributed by atoms with Crippen LogP contribution in [-0.2, 0) is 6.54 Å². The zero-order valence-corrected chi connectivity index (χ0v) is 11.5. The Kier molecular flexibility index (Phi) is 4.35. The normalized spacial score (nSPS) is 20.5. The summed E-state index contributed by atoms with van der Waals surface area (Å²) in [5.41, 5.74) is 0. The molecular weight excluding hydrogens is 230 g/mol. The second-order valence-corrected chi connectivity index (χ2v) is 5.54. The molecule has 0 radical (unpaired) electrons. The summed E-state index contributed by atoms with van der Waals surface area (Å²) in [6.45, 7) is 8.69. The monoisotopic (exact) mass is 253 g/mol. The van der Waals surface area contributed by atoms with Gasteiger partial charge in [-0.15, -0.1) is 10.2 Å². The number of aromatic nitrogens is 2. The summed E-state index contributed by atoms with van der Waals surface area (Å²) < 4.78 is 5.61. The predicted molar refractivity (Wildman–Crippen MR) is 68.1 cm³/mol. The number of piperidine rings is 1. The molecule has 18 heavy (non-hydrogen) atoms. The molecule has 2 rings (SSSR count). The summed E-state index contributed by atoms with van der Waals surface area (Å²) in [5.74, 6) is 2.14. The van der Waals surface area contributed by atoms with Gasteiger partial charge in [0.05, 0.1) is 12.6 Å². The van der Waals surface area contributed by atoms with E-state index < -0.39 is 0 Å². The van der Waals surface area contributed by atoms with Crippen LogP contribution in [0, 0.1) is 5.92 Å². The number of nitrogens with zero attached hydrogens (tertiary/aromatic N) is 3. The first-order valence-corrected chi connectivity index (χ1v) is 6.79. The van der Waals surface area contributed by atoms with Crippen molar-refractivity contribution in [2.75, 3.05) is 13.1 Å². The lowest BCUT2D eigenvalue weighted by Crippen LogP contribution is -2.36. The number of hydrogen-bond donors (Lipinski definition) is 1. The van der Waals surface area contributed by atoms with Crippen LogP contribution in [0.4, 0.5) is 0 Å². The molecular formula is C13H23N3O2. The highest BCUT2D eigenvalue weighted by atomic mass is 16.4. The van der Waals surface area contributed by atoms with Crippen LogP contribution < -0.4 is 0 Å². The molecule has 0 aromatic carbocycles. The van der Waals surface area contributed by atoms with E-state index in [0.717, 1.165) is 32.5 Å². The quantitative estimate of drug-likeness (QED) is 0.886. The topological polar surface area (TPSA) is 62.4 Å². The summed E-state index contributed by atoms with van der Waals surface area (Å²) in [7, 11) is 0. The number of hydrogen-bond acceptors (Lipinski definition) is 5. The summed E-state index contributed by atoms with van der Waals surface area (Å²) in [4.78, 5) is 2.32. The molecule has 1 atom stereocenters. The molecule has 1 aromatic rings. The average molecular weight is 253 g/mol. The van der Waals surface area contributed by atoms with Gasteiger partial charge in [0.25, 0.3) is 0 Å². The minimum Gasteiger partial charge on any atom is -0.424 e. The van der Waals surface area contributed by atoms with Crippen LogP contribution in [-0.4, -0.2) is 39.4 Å². The van der Waals surface area contributed by atoms with Crippen molar-refractivity contribution in [1.29, 1.82) is 0 Å². The Morgan fingerprint density at radius 2 is 1.94 bits per heavy atom. The maximum atomic E-state index is 9.56. The van der Waals surface area contributed by atoms with Gasteiger partial charge in [-0.2, -0.15) is 0 Å². The highest BCUT2D eigenvalue weighted by molar-refractivity contribution is 4.88. The molecule has 0 spiro atoms. The van der Waals surface area contributed by atoms with E-state index in [1.165, 1.54) is 0 Å². The molecule has 1 N–H and O–H groups in total. The third-order valence-electron chi connectivity index (χ3n) is 3.65. The molecule has 0 amide bonds. The fraction of sp³-hybridized carbons (Fsp3) is 0.846. The van der Waals surface area contributed by atoms with Gasteiger partial charge in [-0.25, -0.2) is 0 Å². The summed E-state index contributed by atoms with van der Waals surface area (Å²) >= 11 is 0. The van der Waals surface area contributed by atoms with Crippen molar-refractivity contribution >= 4 is 0 Å². The van der Waals surface area contributed by atoms with Crippen LogP contribution >= 0.6 is 0 Å². The molecule has 1 unspecified atom stereocenters. The summed E-state index contributed by atoms with van der Waals surface area (Å²) in [5, 5.41) is 17.7. The van der Waals surface area contributed by atoms with E-state index in [1.807, 2.05) is 20.8 Å². The first-order valence-electron chi connectivity index (χ1n) is 6.79. The van der Waals surface area contributed by atoms with Gasteiger partial charge < -0.3 is 9.52 Å². The van der Waals surface area contributed by atoms with Crippen molar-refractivity contribution in [2.45, 2.75) is 52.2 Å². The predicted octanol–water partition coefficient (Wildman–Crippen LogP) is 1.79. The molecule has 102 valence electrons. The minimum absolute atomic E-state index is 0.192. The fourth-order valence-electron chi connectivity index (χ4n) is 2.35. The largest absolute Gasteiger partial charge is 0.424 e. The van der Waals surface area contributed by atoms with Crippen LogP contribution in [0.2, 0.25) is 0 Å². The van der Waals surface area contributed by atoms with E-state index in [9.17, 15) is 5.11 Å². The van der Waals surface area contributed by atoms with Crippen molar-refractivity contribution in [3.05, 3.63) is 11.8 Å². The molecule has 1 aromatic heterocycles. The maximum Gasteiger partial charge on any atom is 0.230 e. The zero-order chi connectivity index (χ0) is 13.1. The molecule has 0 bridgehead atoms. The Bertz CT molecular complexity index is 368. The van der Waals surface area contributed by atoms with E-state index >= 15 is 0 Å². The number of likely N-dealkylation sites (tertiary alicyclic amines) is 1.